The monoisotopic (exact) mass is 443 g/mol. The number of rotatable bonds is 7. The molecule has 27 heavy (non-hydrogen) atoms. The van der Waals surface area contributed by atoms with Crippen LogP contribution in [0.2, 0.25) is 5.02 Å². The maximum Gasteiger partial charge on any atom is 0.240 e. The Balaban J connectivity index is 1.67. The van der Waals surface area contributed by atoms with Crippen LogP contribution in [0.3, 0.4) is 0 Å². The van der Waals surface area contributed by atoms with Crippen LogP contribution in [0.15, 0.2) is 65.7 Å². The van der Waals surface area contributed by atoms with Gasteiger partial charge in [-0.2, -0.15) is 0 Å². The zero-order valence-corrected chi connectivity index (χ0v) is 17.1. The zero-order valence-electron chi connectivity index (χ0n) is 14.0. The lowest BCUT2D eigenvalue weighted by molar-refractivity contribution is 0.580. The summed E-state index contributed by atoms with van der Waals surface area (Å²) in [7, 11) is -3.62. The molecule has 9 heteroatoms. The topological polar surface area (TPSA) is 62.3 Å². The highest BCUT2D eigenvalue weighted by molar-refractivity contribution is 7.89. The minimum Gasteiger partial charge on any atom is -0.283 e. The molecular formula is C18H16Cl3N3O2S. The van der Waals surface area contributed by atoms with Crippen molar-refractivity contribution >= 4 is 61.6 Å². The lowest BCUT2D eigenvalue weighted by atomic mass is 10.2. The quantitative estimate of drug-likeness (QED) is 0.432. The maximum absolute atomic E-state index is 12.3. The Morgan fingerprint density at radius 3 is 2.59 bits per heavy atom. The van der Waals surface area contributed by atoms with E-state index < -0.39 is 15.4 Å². The van der Waals surface area contributed by atoms with Gasteiger partial charge in [0.25, 0.3) is 0 Å². The first-order chi connectivity index (χ1) is 12.9. The molecule has 0 saturated heterocycles. The third kappa shape index (κ3) is 5.03. The van der Waals surface area contributed by atoms with Gasteiger partial charge in [-0.15, -0.1) is 11.6 Å². The number of halogens is 3. The van der Waals surface area contributed by atoms with Crippen LogP contribution in [0.25, 0.3) is 10.9 Å². The Hall–Kier alpha value is -1.57. The number of aromatic nitrogens is 1. The molecule has 1 unspecified atom stereocenters. The number of hydrogen-bond donors (Lipinski definition) is 1. The molecule has 0 fully saturated rings. The van der Waals surface area contributed by atoms with E-state index in [1.54, 1.807) is 42.6 Å². The third-order valence-electron chi connectivity index (χ3n) is 3.85. The van der Waals surface area contributed by atoms with E-state index in [1.165, 1.54) is 16.6 Å². The van der Waals surface area contributed by atoms with Crippen LogP contribution in [-0.4, -0.2) is 31.9 Å². The Kier molecular flexibility index (Phi) is 6.44. The van der Waals surface area contributed by atoms with E-state index >= 15 is 0 Å². The summed E-state index contributed by atoms with van der Waals surface area (Å²) >= 11 is 18.7. The summed E-state index contributed by atoms with van der Waals surface area (Å²) in [5.41, 5.74) is 1.43. The number of nitrogens with zero attached hydrogens (tertiary/aromatic N) is 2. The second kappa shape index (κ2) is 8.63. The Morgan fingerprint density at radius 2 is 1.85 bits per heavy atom. The molecule has 0 aliphatic rings. The van der Waals surface area contributed by atoms with Gasteiger partial charge in [0, 0.05) is 34.9 Å². The van der Waals surface area contributed by atoms with E-state index in [4.69, 9.17) is 35.0 Å². The number of nitrogens with one attached hydrogen (secondary N) is 1. The van der Waals surface area contributed by atoms with Gasteiger partial charge >= 0.3 is 0 Å². The van der Waals surface area contributed by atoms with E-state index in [1.807, 2.05) is 6.07 Å². The lowest BCUT2D eigenvalue weighted by Crippen LogP contribution is -2.34. The van der Waals surface area contributed by atoms with Crippen molar-refractivity contribution in [3.8, 4) is 0 Å². The van der Waals surface area contributed by atoms with E-state index in [2.05, 4.69) is 9.71 Å². The van der Waals surface area contributed by atoms with Crippen LogP contribution in [0.5, 0.6) is 0 Å². The molecular weight excluding hydrogens is 429 g/mol. The molecule has 1 heterocycles. The molecule has 1 atom stereocenters. The van der Waals surface area contributed by atoms with Crippen molar-refractivity contribution in [3.05, 3.63) is 65.8 Å². The zero-order chi connectivity index (χ0) is 19.4. The van der Waals surface area contributed by atoms with Crippen LogP contribution < -0.4 is 9.14 Å². The van der Waals surface area contributed by atoms with Crippen molar-refractivity contribution in [2.24, 2.45) is 0 Å². The molecule has 0 radical (unpaired) electrons. The van der Waals surface area contributed by atoms with Gasteiger partial charge in [-0.1, -0.05) is 29.8 Å². The van der Waals surface area contributed by atoms with Gasteiger partial charge in [0.2, 0.25) is 10.0 Å². The largest absolute Gasteiger partial charge is 0.283 e. The van der Waals surface area contributed by atoms with Gasteiger partial charge in [0.1, 0.15) is 0 Å². The normalized spacial score (nSPS) is 12.9. The number of sulfonamides is 1. The molecule has 0 bridgehead atoms. The van der Waals surface area contributed by atoms with E-state index in [9.17, 15) is 8.42 Å². The fourth-order valence-corrected chi connectivity index (χ4v) is 4.50. The first kappa shape index (κ1) is 20.2. The molecule has 3 rings (SSSR count). The SMILES string of the molecule is O=S(=O)(NCC(Cl)CN(Cl)c1ccnc2cc(Cl)ccc12)c1ccccc1. The van der Waals surface area contributed by atoms with Gasteiger partial charge in [-0.05, 0) is 36.4 Å². The minimum atomic E-state index is -3.62. The number of benzene rings is 2. The molecule has 0 spiro atoms. The van der Waals surface area contributed by atoms with E-state index in [0.717, 1.165) is 11.1 Å². The highest BCUT2D eigenvalue weighted by Gasteiger charge is 2.18. The summed E-state index contributed by atoms with van der Waals surface area (Å²) in [6.45, 7) is 0.263. The molecule has 0 aliphatic carbocycles. The molecule has 1 N–H and O–H groups in total. The van der Waals surface area contributed by atoms with Crippen molar-refractivity contribution in [2.75, 3.05) is 17.5 Å². The standard InChI is InChI=1S/C18H16Cl3N3O2S/c19-13-6-7-16-17(10-13)22-9-8-18(16)24(21)12-14(20)11-23-27(25,26)15-4-2-1-3-5-15/h1-10,14,23H,11-12H2. The van der Waals surface area contributed by atoms with Gasteiger partial charge in [-0.25, -0.2) is 13.1 Å². The highest BCUT2D eigenvalue weighted by Crippen LogP contribution is 2.29. The number of fused-ring (bicyclic) bond motifs is 1. The average Bonchev–Trinajstić information content (AvgIpc) is 2.66. The summed E-state index contributed by atoms with van der Waals surface area (Å²) in [5.74, 6) is 0. The fraction of sp³-hybridized carbons (Fsp3) is 0.167. The number of anilines is 1. The predicted octanol–water partition coefficient (Wildman–Crippen LogP) is 4.43. The Labute approximate surface area is 173 Å². The van der Waals surface area contributed by atoms with Crippen molar-refractivity contribution in [2.45, 2.75) is 10.3 Å². The van der Waals surface area contributed by atoms with Crippen molar-refractivity contribution in [3.63, 3.8) is 0 Å². The first-order valence-electron chi connectivity index (χ1n) is 8.03. The van der Waals surface area contributed by atoms with Gasteiger partial charge in [-0.3, -0.25) is 9.40 Å². The third-order valence-corrected chi connectivity index (χ3v) is 6.14. The van der Waals surface area contributed by atoms with Gasteiger partial charge in [0.05, 0.1) is 28.0 Å². The van der Waals surface area contributed by atoms with Crippen molar-refractivity contribution in [1.82, 2.24) is 9.71 Å². The molecule has 0 aliphatic heterocycles. The van der Waals surface area contributed by atoms with Crippen molar-refractivity contribution < 1.29 is 8.42 Å². The number of pyridine rings is 1. The van der Waals surface area contributed by atoms with Crippen LogP contribution in [0, 0.1) is 0 Å². The predicted molar refractivity (Wildman–Crippen MR) is 111 cm³/mol. The molecule has 2 aromatic carbocycles. The first-order valence-corrected chi connectivity index (χ1v) is 10.7. The number of hydrogen-bond acceptors (Lipinski definition) is 4. The molecule has 0 amide bonds. The second-order valence-corrected chi connectivity index (χ2v) is 9.03. The van der Waals surface area contributed by atoms with Crippen LogP contribution in [-0.2, 0) is 10.0 Å². The molecule has 1 aromatic heterocycles. The van der Waals surface area contributed by atoms with Crippen LogP contribution in [0.4, 0.5) is 5.69 Å². The summed E-state index contributed by atoms with van der Waals surface area (Å²) in [6.07, 6.45) is 1.63. The van der Waals surface area contributed by atoms with Gasteiger partial charge in [0.15, 0.2) is 0 Å². The maximum atomic E-state index is 12.3. The highest BCUT2D eigenvalue weighted by atomic mass is 35.5. The molecule has 5 nitrogen and oxygen atoms in total. The minimum absolute atomic E-state index is 0.0385. The molecule has 3 aromatic rings. The van der Waals surface area contributed by atoms with E-state index in [-0.39, 0.29) is 18.0 Å². The average molecular weight is 445 g/mol. The van der Waals surface area contributed by atoms with E-state index in [0.29, 0.717) is 10.5 Å². The fourth-order valence-electron chi connectivity index (χ4n) is 2.54. The van der Waals surface area contributed by atoms with Crippen molar-refractivity contribution in [1.29, 1.82) is 0 Å². The van der Waals surface area contributed by atoms with Crippen LogP contribution >= 0.6 is 35.0 Å². The van der Waals surface area contributed by atoms with Gasteiger partial charge < -0.3 is 0 Å². The second-order valence-electron chi connectivity index (χ2n) is 5.80. The summed E-state index contributed by atoms with van der Waals surface area (Å²) in [5, 5.41) is 0.862. The molecule has 142 valence electrons. The summed E-state index contributed by atoms with van der Waals surface area (Å²) in [6, 6.07) is 15.2. The Bertz CT molecular complexity index is 1030. The smallest absolute Gasteiger partial charge is 0.240 e. The Morgan fingerprint density at radius 1 is 1.11 bits per heavy atom. The molecule has 0 saturated carbocycles. The van der Waals surface area contributed by atoms with Crippen LogP contribution in [0.1, 0.15) is 0 Å². The number of alkyl halides is 1. The lowest BCUT2D eigenvalue weighted by Gasteiger charge is -2.21. The summed E-state index contributed by atoms with van der Waals surface area (Å²) < 4.78 is 28.5. The summed E-state index contributed by atoms with van der Waals surface area (Å²) in [4.78, 5) is 4.46.